The molecule has 0 unspecified atom stereocenters. The summed E-state index contributed by atoms with van der Waals surface area (Å²) in [7, 11) is 1.75. The molecule has 4 heteroatoms. The number of aliphatic hydroxyl groups excluding tert-OH is 3. The van der Waals surface area contributed by atoms with Crippen molar-refractivity contribution in [2.45, 2.75) is 11.8 Å². The van der Waals surface area contributed by atoms with Gasteiger partial charge in [0, 0.05) is 5.92 Å². The van der Waals surface area contributed by atoms with Crippen molar-refractivity contribution in [2.24, 2.45) is 5.92 Å². The van der Waals surface area contributed by atoms with Crippen LogP contribution >= 0.6 is 0 Å². The number of likely N-dealkylation sites (tertiary alicyclic amines) is 1. The highest BCUT2D eigenvalue weighted by Gasteiger charge is 2.58. The second-order valence-electron chi connectivity index (χ2n) is 4.26. The summed E-state index contributed by atoms with van der Waals surface area (Å²) in [6.07, 6.45) is -0.697. The molecule has 0 aliphatic carbocycles. The molecular weight excluding hydrogens is 206 g/mol. The van der Waals surface area contributed by atoms with Crippen molar-refractivity contribution in [3.05, 3.63) is 35.9 Å². The lowest BCUT2D eigenvalue weighted by Crippen LogP contribution is -2.72. The predicted molar refractivity (Wildman–Crippen MR) is 59.6 cm³/mol. The van der Waals surface area contributed by atoms with Crippen LogP contribution in [0.3, 0.4) is 0 Å². The summed E-state index contributed by atoms with van der Waals surface area (Å²) in [5, 5.41) is 28.7. The van der Waals surface area contributed by atoms with E-state index in [-0.39, 0.29) is 19.1 Å². The van der Waals surface area contributed by atoms with E-state index >= 15 is 0 Å². The Labute approximate surface area is 94.8 Å². The zero-order chi connectivity index (χ0) is 11.8. The van der Waals surface area contributed by atoms with Gasteiger partial charge in [-0.05, 0) is 12.6 Å². The first-order valence-electron chi connectivity index (χ1n) is 5.36. The Hall–Kier alpha value is -0.940. The highest BCUT2D eigenvalue weighted by atomic mass is 16.3. The molecule has 16 heavy (non-hydrogen) atoms. The molecule has 0 amide bonds. The Morgan fingerprint density at radius 1 is 1.25 bits per heavy atom. The number of likely N-dealkylation sites (N-methyl/N-ethyl adjacent to an activating group) is 1. The minimum absolute atomic E-state index is 0.115. The van der Waals surface area contributed by atoms with Crippen LogP contribution in [0.2, 0.25) is 0 Å². The summed E-state index contributed by atoms with van der Waals surface area (Å²) in [5.74, 6) is -0.343. The van der Waals surface area contributed by atoms with Gasteiger partial charge in [-0.3, -0.25) is 4.90 Å². The fourth-order valence-electron chi connectivity index (χ4n) is 2.64. The summed E-state index contributed by atoms with van der Waals surface area (Å²) >= 11 is 0. The maximum atomic E-state index is 9.76. The van der Waals surface area contributed by atoms with Crippen molar-refractivity contribution in [1.82, 2.24) is 4.90 Å². The smallest absolute Gasteiger partial charge is 0.115 e. The van der Waals surface area contributed by atoms with E-state index in [1.165, 1.54) is 0 Å². The standard InChI is InChI=1S/C12H17NO3/c1-13-11(16)10(7-14)12(13,8-15)9-5-3-2-4-6-9/h2-6,10-11,14-16H,7-8H2,1H3/t10-,11+,12-/m0/s1. The zero-order valence-corrected chi connectivity index (χ0v) is 9.24. The normalized spacial score (nSPS) is 34.8. The second kappa shape index (κ2) is 4.14. The average molecular weight is 223 g/mol. The van der Waals surface area contributed by atoms with Crippen molar-refractivity contribution >= 4 is 0 Å². The molecule has 0 saturated carbocycles. The van der Waals surface area contributed by atoms with Crippen LogP contribution in [0.15, 0.2) is 30.3 Å². The van der Waals surface area contributed by atoms with Crippen LogP contribution in [0.25, 0.3) is 0 Å². The van der Waals surface area contributed by atoms with Gasteiger partial charge >= 0.3 is 0 Å². The van der Waals surface area contributed by atoms with E-state index in [1.807, 2.05) is 30.3 Å². The van der Waals surface area contributed by atoms with Crippen molar-refractivity contribution in [3.63, 3.8) is 0 Å². The van der Waals surface area contributed by atoms with E-state index in [2.05, 4.69) is 0 Å². The van der Waals surface area contributed by atoms with Gasteiger partial charge in [-0.2, -0.15) is 0 Å². The van der Waals surface area contributed by atoms with E-state index in [0.29, 0.717) is 0 Å². The molecule has 0 bridgehead atoms. The lowest BCUT2D eigenvalue weighted by Gasteiger charge is -2.59. The fourth-order valence-corrected chi connectivity index (χ4v) is 2.64. The van der Waals surface area contributed by atoms with Crippen molar-refractivity contribution in [3.8, 4) is 0 Å². The molecule has 3 N–H and O–H groups in total. The maximum absolute atomic E-state index is 9.76. The van der Waals surface area contributed by atoms with Gasteiger partial charge in [0.05, 0.1) is 18.8 Å². The minimum atomic E-state index is -0.697. The fraction of sp³-hybridized carbons (Fsp3) is 0.500. The average Bonchev–Trinajstić information content (AvgIpc) is 2.35. The number of nitrogens with zero attached hydrogens (tertiary/aromatic N) is 1. The van der Waals surface area contributed by atoms with Crippen LogP contribution in [0, 0.1) is 5.92 Å². The number of rotatable bonds is 3. The van der Waals surface area contributed by atoms with Gasteiger partial charge in [0.15, 0.2) is 0 Å². The van der Waals surface area contributed by atoms with E-state index < -0.39 is 11.8 Å². The third kappa shape index (κ3) is 1.31. The highest BCUT2D eigenvalue weighted by Crippen LogP contribution is 2.47. The van der Waals surface area contributed by atoms with E-state index in [4.69, 9.17) is 0 Å². The van der Waals surface area contributed by atoms with Gasteiger partial charge in [0.2, 0.25) is 0 Å². The number of benzene rings is 1. The largest absolute Gasteiger partial charge is 0.396 e. The zero-order valence-electron chi connectivity index (χ0n) is 9.24. The molecule has 1 saturated heterocycles. The third-order valence-electron chi connectivity index (χ3n) is 3.71. The van der Waals surface area contributed by atoms with Crippen molar-refractivity contribution in [2.75, 3.05) is 20.3 Å². The van der Waals surface area contributed by atoms with Gasteiger partial charge < -0.3 is 15.3 Å². The molecule has 2 rings (SSSR count). The molecule has 1 aliphatic heterocycles. The van der Waals surface area contributed by atoms with E-state index in [1.54, 1.807) is 11.9 Å². The summed E-state index contributed by atoms with van der Waals surface area (Å²) in [6.45, 7) is -0.253. The Morgan fingerprint density at radius 2 is 1.88 bits per heavy atom. The molecule has 88 valence electrons. The number of aliphatic hydroxyl groups is 3. The minimum Gasteiger partial charge on any atom is -0.396 e. The first-order chi connectivity index (χ1) is 7.68. The molecule has 1 aromatic rings. The van der Waals surface area contributed by atoms with Crippen LogP contribution in [0.1, 0.15) is 5.56 Å². The Balaban J connectivity index is 2.40. The van der Waals surface area contributed by atoms with Crippen LogP contribution in [0.4, 0.5) is 0 Å². The first-order valence-corrected chi connectivity index (χ1v) is 5.36. The van der Waals surface area contributed by atoms with Crippen LogP contribution in [-0.4, -0.2) is 46.7 Å². The molecule has 3 atom stereocenters. The molecule has 1 aromatic carbocycles. The highest BCUT2D eigenvalue weighted by molar-refractivity contribution is 5.30. The number of hydrogen-bond acceptors (Lipinski definition) is 4. The molecule has 1 heterocycles. The molecule has 1 aliphatic rings. The van der Waals surface area contributed by atoms with E-state index in [0.717, 1.165) is 5.56 Å². The van der Waals surface area contributed by atoms with Crippen LogP contribution in [-0.2, 0) is 5.54 Å². The summed E-state index contributed by atoms with van der Waals surface area (Å²) in [5.41, 5.74) is 0.263. The lowest BCUT2D eigenvalue weighted by atomic mass is 9.69. The van der Waals surface area contributed by atoms with Gasteiger partial charge in [0.1, 0.15) is 6.23 Å². The maximum Gasteiger partial charge on any atom is 0.115 e. The van der Waals surface area contributed by atoms with Gasteiger partial charge in [-0.25, -0.2) is 0 Å². The van der Waals surface area contributed by atoms with Crippen LogP contribution < -0.4 is 0 Å². The quantitative estimate of drug-likeness (QED) is 0.661. The van der Waals surface area contributed by atoms with Gasteiger partial charge in [0.25, 0.3) is 0 Å². The Kier molecular flexibility index (Phi) is 2.99. The third-order valence-corrected chi connectivity index (χ3v) is 3.71. The van der Waals surface area contributed by atoms with Gasteiger partial charge in [-0.15, -0.1) is 0 Å². The van der Waals surface area contributed by atoms with Crippen LogP contribution in [0.5, 0.6) is 0 Å². The molecule has 0 aromatic heterocycles. The topological polar surface area (TPSA) is 63.9 Å². The first kappa shape index (κ1) is 11.5. The summed E-state index contributed by atoms with van der Waals surface area (Å²) < 4.78 is 0. The van der Waals surface area contributed by atoms with Crippen molar-refractivity contribution in [1.29, 1.82) is 0 Å². The SMILES string of the molecule is CN1[C@H](O)[C@H](CO)[C@]1(CO)c1ccccc1. The van der Waals surface area contributed by atoms with E-state index in [9.17, 15) is 15.3 Å². The lowest BCUT2D eigenvalue weighted by molar-refractivity contribution is -0.249. The monoisotopic (exact) mass is 223 g/mol. The molecular formula is C12H17NO3. The second-order valence-corrected chi connectivity index (χ2v) is 4.26. The summed E-state index contributed by atoms with van der Waals surface area (Å²) in [4.78, 5) is 1.70. The van der Waals surface area contributed by atoms with Gasteiger partial charge in [-0.1, -0.05) is 30.3 Å². The Bertz CT molecular complexity index is 357. The molecule has 0 radical (unpaired) electrons. The molecule has 0 spiro atoms. The predicted octanol–water partition coefficient (Wildman–Crippen LogP) is -0.254. The molecule has 4 nitrogen and oxygen atoms in total. The number of hydrogen-bond donors (Lipinski definition) is 3. The van der Waals surface area contributed by atoms with Crippen molar-refractivity contribution < 1.29 is 15.3 Å². The Morgan fingerprint density at radius 3 is 2.38 bits per heavy atom. The summed E-state index contributed by atoms with van der Waals surface area (Å²) in [6, 6.07) is 9.49. The molecule has 1 fully saturated rings.